The molecule has 2 heterocycles. The van der Waals surface area contributed by atoms with E-state index in [2.05, 4.69) is 29.1 Å². The second-order valence-corrected chi connectivity index (χ2v) is 6.09. The molecule has 0 radical (unpaired) electrons. The van der Waals surface area contributed by atoms with Crippen molar-refractivity contribution >= 4 is 22.7 Å². The Kier molecular flexibility index (Phi) is 5.30. The summed E-state index contributed by atoms with van der Waals surface area (Å²) in [5, 5.41) is 3.99. The predicted molar refractivity (Wildman–Crippen MR) is 109 cm³/mol. The van der Waals surface area contributed by atoms with E-state index < -0.39 is 0 Å². The van der Waals surface area contributed by atoms with Crippen LogP contribution in [0.2, 0.25) is 0 Å². The van der Waals surface area contributed by atoms with Gasteiger partial charge in [-0.1, -0.05) is 13.8 Å². The number of rotatable bonds is 6. The number of methoxy groups -OCH3 is 2. The highest BCUT2D eigenvalue weighted by molar-refractivity contribution is 5.92. The van der Waals surface area contributed by atoms with Crippen LogP contribution in [0.3, 0.4) is 0 Å². The predicted octanol–water partition coefficient (Wildman–Crippen LogP) is 3.46. The van der Waals surface area contributed by atoms with Gasteiger partial charge < -0.3 is 20.5 Å². The molecule has 0 saturated carbocycles. The van der Waals surface area contributed by atoms with Crippen LogP contribution in [0.15, 0.2) is 18.3 Å². The molecule has 3 aromatic rings. The van der Waals surface area contributed by atoms with Crippen LogP contribution in [0.5, 0.6) is 11.5 Å². The van der Waals surface area contributed by atoms with E-state index in [-0.39, 0.29) is 5.95 Å². The number of nitrogens with one attached hydrogen (secondary N) is 1. The Morgan fingerprint density at radius 1 is 1.00 bits per heavy atom. The summed E-state index contributed by atoms with van der Waals surface area (Å²) in [6, 6.07) is 3.94. The van der Waals surface area contributed by atoms with Gasteiger partial charge in [0.15, 0.2) is 5.82 Å². The van der Waals surface area contributed by atoms with Gasteiger partial charge in [0.2, 0.25) is 5.95 Å². The molecule has 142 valence electrons. The Hall–Kier alpha value is -3.09. The Balaban J connectivity index is 2.40. The lowest BCUT2D eigenvalue weighted by molar-refractivity contribution is 0.389. The fraction of sp³-hybridized carbons (Fsp3) is 0.350. The third-order valence-electron chi connectivity index (χ3n) is 4.68. The Bertz CT molecular complexity index is 958. The summed E-state index contributed by atoms with van der Waals surface area (Å²) in [7, 11) is 5.16. The molecule has 2 aromatic heterocycles. The van der Waals surface area contributed by atoms with Gasteiger partial charge in [-0.3, -0.25) is 0 Å². The lowest BCUT2D eigenvalue weighted by atomic mass is 9.92. The van der Waals surface area contributed by atoms with Crippen molar-refractivity contribution < 1.29 is 9.47 Å². The SMILES string of the molecule is CCc1c(OC)cc(OC)c(CC)c1-c1cc2cnc(N)nc2c(NC)n1. The largest absolute Gasteiger partial charge is 0.496 e. The smallest absolute Gasteiger partial charge is 0.220 e. The molecule has 27 heavy (non-hydrogen) atoms. The Labute approximate surface area is 159 Å². The van der Waals surface area contributed by atoms with Crippen LogP contribution in [0, 0.1) is 0 Å². The Morgan fingerprint density at radius 2 is 1.63 bits per heavy atom. The minimum atomic E-state index is 0.222. The number of nitrogens with two attached hydrogens (primary N) is 1. The summed E-state index contributed by atoms with van der Waals surface area (Å²) >= 11 is 0. The van der Waals surface area contributed by atoms with E-state index in [4.69, 9.17) is 20.2 Å². The van der Waals surface area contributed by atoms with Crippen LogP contribution >= 0.6 is 0 Å². The molecular weight excluding hydrogens is 342 g/mol. The maximum Gasteiger partial charge on any atom is 0.220 e. The molecule has 0 bridgehead atoms. The van der Waals surface area contributed by atoms with Crippen molar-refractivity contribution in [3.63, 3.8) is 0 Å². The van der Waals surface area contributed by atoms with E-state index in [0.717, 1.165) is 52.1 Å². The van der Waals surface area contributed by atoms with E-state index in [0.29, 0.717) is 11.3 Å². The number of hydrogen-bond acceptors (Lipinski definition) is 7. The van der Waals surface area contributed by atoms with Crippen molar-refractivity contribution in [1.82, 2.24) is 15.0 Å². The van der Waals surface area contributed by atoms with Crippen molar-refractivity contribution in [3.8, 4) is 22.8 Å². The molecule has 0 spiro atoms. The molecule has 0 aliphatic heterocycles. The first kappa shape index (κ1) is 18.7. The van der Waals surface area contributed by atoms with Crippen LogP contribution < -0.4 is 20.5 Å². The first-order valence-corrected chi connectivity index (χ1v) is 8.95. The number of anilines is 2. The second-order valence-electron chi connectivity index (χ2n) is 6.09. The lowest BCUT2D eigenvalue weighted by Crippen LogP contribution is -2.05. The molecule has 0 unspecified atom stereocenters. The van der Waals surface area contributed by atoms with E-state index in [1.165, 1.54) is 0 Å². The normalized spacial score (nSPS) is 10.9. The van der Waals surface area contributed by atoms with Gasteiger partial charge in [0.1, 0.15) is 17.0 Å². The molecule has 0 aliphatic carbocycles. The third-order valence-corrected chi connectivity index (χ3v) is 4.68. The average Bonchev–Trinajstić information content (AvgIpc) is 2.71. The molecule has 7 heteroatoms. The summed E-state index contributed by atoms with van der Waals surface area (Å²) < 4.78 is 11.3. The number of pyridine rings is 1. The monoisotopic (exact) mass is 367 g/mol. The number of ether oxygens (including phenoxy) is 2. The van der Waals surface area contributed by atoms with Gasteiger partial charge in [0.25, 0.3) is 0 Å². The number of fused-ring (bicyclic) bond motifs is 1. The van der Waals surface area contributed by atoms with Gasteiger partial charge >= 0.3 is 0 Å². The van der Waals surface area contributed by atoms with E-state index in [1.54, 1.807) is 20.4 Å². The van der Waals surface area contributed by atoms with Gasteiger partial charge in [0.05, 0.1) is 19.9 Å². The van der Waals surface area contributed by atoms with Crippen molar-refractivity contribution in [2.75, 3.05) is 32.3 Å². The zero-order chi connectivity index (χ0) is 19.6. The maximum absolute atomic E-state index is 5.75. The zero-order valence-electron chi connectivity index (χ0n) is 16.4. The number of nitrogen functional groups attached to an aromatic ring is 1. The quantitative estimate of drug-likeness (QED) is 0.689. The number of nitrogens with zero attached hydrogens (tertiary/aromatic N) is 3. The second kappa shape index (κ2) is 7.65. The Morgan fingerprint density at radius 3 is 2.15 bits per heavy atom. The van der Waals surface area contributed by atoms with Gasteiger partial charge in [-0.25, -0.2) is 15.0 Å². The van der Waals surface area contributed by atoms with Crippen molar-refractivity contribution in [1.29, 1.82) is 0 Å². The highest BCUT2D eigenvalue weighted by Gasteiger charge is 2.21. The summed E-state index contributed by atoms with van der Waals surface area (Å²) in [6.45, 7) is 4.22. The minimum Gasteiger partial charge on any atom is -0.496 e. The molecule has 0 aliphatic rings. The molecule has 1 aromatic carbocycles. The molecule has 3 rings (SSSR count). The number of benzene rings is 1. The van der Waals surface area contributed by atoms with Crippen molar-refractivity contribution in [3.05, 3.63) is 29.5 Å². The molecular formula is C20H25N5O2. The van der Waals surface area contributed by atoms with Crippen molar-refractivity contribution in [2.45, 2.75) is 26.7 Å². The molecule has 0 amide bonds. The third kappa shape index (κ3) is 3.20. The van der Waals surface area contributed by atoms with Crippen LogP contribution in [0.1, 0.15) is 25.0 Å². The fourth-order valence-corrected chi connectivity index (χ4v) is 3.45. The molecule has 0 saturated heterocycles. The van der Waals surface area contributed by atoms with Gasteiger partial charge in [-0.15, -0.1) is 0 Å². The maximum atomic E-state index is 5.75. The zero-order valence-corrected chi connectivity index (χ0v) is 16.4. The van der Waals surface area contributed by atoms with Gasteiger partial charge in [0, 0.05) is 41.4 Å². The van der Waals surface area contributed by atoms with Crippen LogP contribution in [0.4, 0.5) is 11.8 Å². The standard InChI is InChI=1S/C20H25N5O2/c1-6-12-15(26-4)9-16(27-5)13(7-2)17(12)14-8-11-10-23-20(21)25-18(11)19(22-3)24-14/h8-10H,6-7H2,1-5H3,(H,22,24)(H2,21,23,25). The summed E-state index contributed by atoms with van der Waals surface area (Å²) in [5.74, 6) is 2.47. The molecule has 0 fully saturated rings. The number of aromatic nitrogens is 3. The van der Waals surface area contributed by atoms with E-state index >= 15 is 0 Å². The van der Waals surface area contributed by atoms with Crippen LogP contribution in [-0.2, 0) is 12.8 Å². The van der Waals surface area contributed by atoms with E-state index in [9.17, 15) is 0 Å². The highest BCUT2D eigenvalue weighted by atomic mass is 16.5. The topological polar surface area (TPSA) is 95.2 Å². The first-order chi connectivity index (χ1) is 13.1. The van der Waals surface area contributed by atoms with Crippen LogP contribution in [-0.4, -0.2) is 36.2 Å². The highest BCUT2D eigenvalue weighted by Crippen LogP contribution is 2.41. The lowest BCUT2D eigenvalue weighted by Gasteiger charge is -2.20. The minimum absolute atomic E-state index is 0.222. The average molecular weight is 367 g/mol. The number of hydrogen-bond donors (Lipinski definition) is 2. The fourth-order valence-electron chi connectivity index (χ4n) is 3.45. The molecule has 7 nitrogen and oxygen atoms in total. The van der Waals surface area contributed by atoms with E-state index in [1.807, 2.05) is 19.2 Å². The molecule has 3 N–H and O–H groups in total. The van der Waals surface area contributed by atoms with Gasteiger partial charge in [-0.2, -0.15) is 0 Å². The summed E-state index contributed by atoms with van der Waals surface area (Å²) in [6.07, 6.45) is 3.34. The summed E-state index contributed by atoms with van der Waals surface area (Å²) in [4.78, 5) is 13.3. The first-order valence-electron chi connectivity index (χ1n) is 8.95. The van der Waals surface area contributed by atoms with Crippen molar-refractivity contribution in [2.24, 2.45) is 0 Å². The summed E-state index contributed by atoms with van der Waals surface area (Å²) in [5.41, 5.74) is 10.5. The van der Waals surface area contributed by atoms with Crippen LogP contribution in [0.25, 0.3) is 22.2 Å². The molecule has 0 atom stereocenters. The van der Waals surface area contributed by atoms with Gasteiger partial charge in [-0.05, 0) is 18.9 Å².